The van der Waals surface area contributed by atoms with Gasteiger partial charge in [0.2, 0.25) is 5.91 Å². The number of carboxylic acids is 1. The van der Waals surface area contributed by atoms with Crippen molar-refractivity contribution in [2.75, 3.05) is 13.6 Å². The van der Waals surface area contributed by atoms with Gasteiger partial charge in [-0.2, -0.15) is 0 Å². The zero-order valence-electron chi connectivity index (χ0n) is 7.28. The zero-order chi connectivity index (χ0) is 9.56. The quantitative estimate of drug-likeness (QED) is 0.626. The molecule has 0 aliphatic heterocycles. The predicted molar refractivity (Wildman–Crippen MR) is 44.7 cm³/mol. The van der Waals surface area contributed by atoms with Gasteiger partial charge in [0, 0.05) is 13.6 Å². The van der Waals surface area contributed by atoms with Crippen molar-refractivity contribution >= 4 is 11.9 Å². The largest absolute Gasteiger partial charge is 0.481 e. The molecule has 0 aromatic rings. The van der Waals surface area contributed by atoms with Crippen LogP contribution >= 0.6 is 0 Å². The third-order valence-corrected chi connectivity index (χ3v) is 1.35. The number of allylic oxidation sites excluding steroid dienone is 1. The van der Waals surface area contributed by atoms with E-state index in [9.17, 15) is 9.59 Å². The number of carbonyl (C=O) groups is 2. The van der Waals surface area contributed by atoms with E-state index in [4.69, 9.17) is 5.11 Å². The molecule has 1 amide bonds. The topological polar surface area (TPSA) is 57.6 Å². The summed E-state index contributed by atoms with van der Waals surface area (Å²) in [6.45, 7) is 1.99. The average molecular weight is 171 g/mol. The normalized spacial score (nSPS) is 10.2. The molecule has 0 aromatic carbocycles. The van der Waals surface area contributed by atoms with Crippen LogP contribution in [0, 0.1) is 0 Å². The molecule has 0 saturated heterocycles. The van der Waals surface area contributed by atoms with Crippen molar-refractivity contribution in [1.29, 1.82) is 0 Å². The van der Waals surface area contributed by atoms with Gasteiger partial charge >= 0.3 is 5.97 Å². The summed E-state index contributed by atoms with van der Waals surface area (Å²) in [6, 6.07) is 0. The van der Waals surface area contributed by atoms with Gasteiger partial charge in [-0.05, 0) is 13.0 Å². The summed E-state index contributed by atoms with van der Waals surface area (Å²) in [5.41, 5.74) is 0. The Hall–Kier alpha value is -1.32. The first-order valence-corrected chi connectivity index (χ1v) is 3.67. The fraction of sp³-hybridized carbons (Fsp3) is 0.500. The summed E-state index contributed by atoms with van der Waals surface area (Å²) in [7, 11) is 1.57. The molecule has 1 N–H and O–H groups in total. The Bertz CT molecular complexity index is 198. The van der Waals surface area contributed by atoms with Gasteiger partial charge in [0.25, 0.3) is 0 Å². The number of hydrogen-bond acceptors (Lipinski definition) is 2. The van der Waals surface area contributed by atoms with Crippen molar-refractivity contribution in [3.63, 3.8) is 0 Å². The molecule has 0 heterocycles. The van der Waals surface area contributed by atoms with Gasteiger partial charge in [0.15, 0.2) is 0 Å². The van der Waals surface area contributed by atoms with Crippen LogP contribution in [0.2, 0.25) is 0 Å². The first-order valence-electron chi connectivity index (χ1n) is 3.67. The summed E-state index contributed by atoms with van der Waals surface area (Å²) in [5, 5.41) is 8.32. The van der Waals surface area contributed by atoms with Crippen molar-refractivity contribution in [3.8, 4) is 0 Å². The lowest BCUT2D eigenvalue weighted by Crippen LogP contribution is -2.27. The molecule has 0 aliphatic rings. The van der Waals surface area contributed by atoms with Crippen LogP contribution in [0.5, 0.6) is 0 Å². The highest BCUT2D eigenvalue weighted by atomic mass is 16.4. The average Bonchev–Trinajstić information content (AvgIpc) is 2.00. The number of rotatable bonds is 4. The fourth-order valence-corrected chi connectivity index (χ4v) is 0.643. The highest BCUT2D eigenvalue weighted by Gasteiger charge is 2.05. The standard InChI is InChI=1S/C8H13NO3/c1-3-4-7(10)9(2)6-5-8(11)12/h3-4H,5-6H2,1-2H3,(H,11,12). The van der Waals surface area contributed by atoms with E-state index in [0.29, 0.717) is 0 Å². The second-order valence-corrected chi connectivity index (χ2v) is 2.40. The van der Waals surface area contributed by atoms with Gasteiger partial charge in [-0.3, -0.25) is 9.59 Å². The highest BCUT2D eigenvalue weighted by Crippen LogP contribution is 1.90. The van der Waals surface area contributed by atoms with Crippen LogP contribution in [-0.4, -0.2) is 35.5 Å². The molecule has 68 valence electrons. The van der Waals surface area contributed by atoms with Gasteiger partial charge in [0.05, 0.1) is 6.42 Å². The molecule has 0 aliphatic carbocycles. The summed E-state index contributed by atoms with van der Waals surface area (Å²) in [4.78, 5) is 22.5. The molecule has 0 radical (unpaired) electrons. The Morgan fingerprint density at radius 3 is 2.50 bits per heavy atom. The van der Waals surface area contributed by atoms with Gasteiger partial charge in [0.1, 0.15) is 0 Å². The summed E-state index contributed by atoms with van der Waals surface area (Å²) >= 11 is 0. The molecule has 4 nitrogen and oxygen atoms in total. The van der Waals surface area contributed by atoms with Crippen molar-refractivity contribution in [2.24, 2.45) is 0 Å². The number of likely N-dealkylation sites (N-methyl/N-ethyl adjacent to an activating group) is 1. The number of hydrogen-bond donors (Lipinski definition) is 1. The molecule has 0 rings (SSSR count). The monoisotopic (exact) mass is 171 g/mol. The molecule has 12 heavy (non-hydrogen) atoms. The number of aliphatic carboxylic acids is 1. The zero-order valence-corrected chi connectivity index (χ0v) is 7.28. The third-order valence-electron chi connectivity index (χ3n) is 1.35. The van der Waals surface area contributed by atoms with Gasteiger partial charge in [-0.1, -0.05) is 6.08 Å². The van der Waals surface area contributed by atoms with E-state index in [-0.39, 0.29) is 18.9 Å². The first kappa shape index (κ1) is 10.7. The van der Waals surface area contributed by atoms with E-state index < -0.39 is 5.97 Å². The van der Waals surface area contributed by atoms with Crippen molar-refractivity contribution in [2.45, 2.75) is 13.3 Å². The number of nitrogens with zero attached hydrogens (tertiary/aromatic N) is 1. The maximum Gasteiger partial charge on any atom is 0.305 e. The minimum absolute atomic E-state index is 0.0141. The predicted octanol–water partition coefficient (Wildman–Crippen LogP) is 0.496. The Morgan fingerprint density at radius 1 is 1.50 bits per heavy atom. The second-order valence-electron chi connectivity index (χ2n) is 2.40. The van der Waals surface area contributed by atoms with Crippen LogP contribution < -0.4 is 0 Å². The van der Waals surface area contributed by atoms with E-state index in [2.05, 4.69) is 0 Å². The van der Waals surface area contributed by atoms with E-state index in [1.165, 1.54) is 11.0 Å². The van der Waals surface area contributed by atoms with E-state index >= 15 is 0 Å². The lowest BCUT2D eigenvalue weighted by atomic mass is 10.4. The molecular weight excluding hydrogens is 158 g/mol. The van der Waals surface area contributed by atoms with E-state index in [1.54, 1.807) is 20.0 Å². The number of amides is 1. The Balaban J connectivity index is 3.79. The summed E-state index contributed by atoms with van der Waals surface area (Å²) in [6.07, 6.45) is 3.02. The summed E-state index contributed by atoms with van der Waals surface area (Å²) in [5.74, 6) is -1.06. The van der Waals surface area contributed by atoms with Crippen LogP contribution in [0.3, 0.4) is 0 Å². The minimum atomic E-state index is -0.893. The lowest BCUT2D eigenvalue weighted by molar-refractivity contribution is -0.137. The Kier molecular flexibility index (Phi) is 4.76. The van der Waals surface area contributed by atoms with Gasteiger partial charge < -0.3 is 10.0 Å². The molecule has 0 atom stereocenters. The van der Waals surface area contributed by atoms with E-state index in [0.717, 1.165) is 0 Å². The van der Waals surface area contributed by atoms with Gasteiger partial charge in [-0.15, -0.1) is 0 Å². The maximum absolute atomic E-state index is 11.0. The second kappa shape index (κ2) is 5.35. The SMILES string of the molecule is CC=CC(=O)N(C)CCC(=O)O. The molecule has 0 bridgehead atoms. The lowest BCUT2D eigenvalue weighted by Gasteiger charge is -2.12. The van der Waals surface area contributed by atoms with Crippen molar-refractivity contribution < 1.29 is 14.7 Å². The minimum Gasteiger partial charge on any atom is -0.481 e. The van der Waals surface area contributed by atoms with Gasteiger partial charge in [-0.25, -0.2) is 0 Å². The molecular formula is C8H13NO3. The van der Waals surface area contributed by atoms with Crippen LogP contribution in [0.25, 0.3) is 0 Å². The van der Waals surface area contributed by atoms with Crippen LogP contribution in [-0.2, 0) is 9.59 Å². The van der Waals surface area contributed by atoms with Crippen molar-refractivity contribution in [1.82, 2.24) is 4.90 Å². The number of carboxylic acid groups (broad SMARTS) is 1. The smallest absolute Gasteiger partial charge is 0.305 e. The molecule has 0 aromatic heterocycles. The van der Waals surface area contributed by atoms with E-state index in [1.807, 2.05) is 0 Å². The molecule has 0 spiro atoms. The maximum atomic E-state index is 11.0. The van der Waals surface area contributed by atoms with Crippen LogP contribution in [0.1, 0.15) is 13.3 Å². The number of carbonyl (C=O) groups excluding carboxylic acids is 1. The molecule has 0 unspecified atom stereocenters. The molecule has 0 fully saturated rings. The Labute approximate surface area is 71.5 Å². The van der Waals surface area contributed by atoms with Crippen LogP contribution in [0.15, 0.2) is 12.2 Å². The molecule has 0 saturated carbocycles. The summed E-state index contributed by atoms with van der Waals surface area (Å²) < 4.78 is 0. The van der Waals surface area contributed by atoms with Crippen molar-refractivity contribution in [3.05, 3.63) is 12.2 Å². The first-order chi connectivity index (χ1) is 5.57. The fourth-order valence-electron chi connectivity index (χ4n) is 0.643. The highest BCUT2D eigenvalue weighted by molar-refractivity contribution is 5.87. The third kappa shape index (κ3) is 4.49. The van der Waals surface area contributed by atoms with Crippen LogP contribution in [0.4, 0.5) is 0 Å². The Morgan fingerprint density at radius 2 is 2.08 bits per heavy atom. The molecule has 4 heteroatoms.